The number of nitrogens with zero attached hydrogens (tertiary/aromatic N) is 2. The molecule has 1 unspecified atom stereocenters. The molecule has 0 amide bonds. The first-order chi connectivity index (χ1) is 12.7. The van der Waals surface area contributed by atoms with Crippen LogP contribution in [-0.4, -0.2) is 60.3 Å². The second-order valence-electron chi connectivity index (χ2n) is 6.83. The Morgan fingerprint density at radius 1 is 0.923 bits per heavy atom. The first kappa shape index (κ1) is 18.8. The second kappa shape index (κ2) is 9.67. The van der Waals surface area contributed by atoms with Gasteiger partial charge in [-0.25, -0.2) is 4.39 Å². The number of hydrogen-bond donors (Lipinski definition) is 1. The third-order valence-corrected chi connectivity index (χ3v) is 4.66. The van der Waals surface area contributed by atoms with Crippen LogP contribution in [0.1, 0.15) is 12.0 Å². The molecule has 1 heterocycles. The van der Waals surface area contributed by atoms with E-state index in [0.29, 0.717) is 12.3 Å². The van der Waals surface area contributed by atoms with Crippen LogP contribution in [-0.2, 0) is 6.54 Å². The van der Waals surface area contributed by atoms with E-state index >= 15 is 0 Å². The van der Waals surface area contributed by atoms with Crippen molar-refractivity contribution in [1.82, 2.24) is 9.80 Å². The molecule has 4 nitrogen and oxygen atoms in total. The van der Waals surface area contributed by atoms with Gasteiger partial charge < -0.3 is 9.84 Å². The zero-order valence-electron chi connectivity index (χ0n) is 15.1. The molecule has 0 bridgehead atoms. The Bertz CT molecular complexity index is 651. The maximum atomic E-state index is 12.9. The molecule has 0 aromatic heterocycles. The predicted molar refractivity (Wildman–Crippen MR) is 101 cm³/mol. The minimum absolute atomic E-state index is 0.218. The summed E-state index contributed by atoms with van der Waals surface area (Å²) in [6.45, 7) is 5.80. The SMILES string of the molecule is OC(COc1ccc(F)cc1)CN1CCCN(Cc2ccccc2)CC1. The normalized spacial score (nSPS) is 17.6. The maximum absolute atomic E-state index is 12.9. The molecule has 1 aliphatic rings. The molecule has 2 aromatic rings. The van der Waals surface area contributed by atoms with E-state index in [9.17, 15) is 9.50 Å². The first-order valence-corrected chi connectivity index (χ1v) is 9.24. The fourth-order valence-corrected chi connectivity index (χ4v) is 3.28. The van der Waals surface area contributed by atoms with Gasteiger partial charge in [0.2, 0.25) is 0 Å². The van der Waals surface area contributed by atoms with E-state index in [4.69, 9.17) is 4.74 Å². The Hall–Kier alpha value is -1.95. The molecule has 0 radical (unpaired) electrons. The van der Waals surface area contributed by atoms with Gasteiger partial charge in [-0.15, -0.1) is 0 Å². The number of benzene rings is 2. The number of ether oxygens (including phenoxy) is 1. The zero-order chi connectivity index (χ0) is 18.2. The van der Waals surface area contributed by atoms with Crippen molar-refractivity contribution < 1.29 is 14.2 Å². The van der Waals surface area contributed by atoms with Gasteiger partial charge in [0.15, 0.2) is 0 Å². The van der Waals surface area contributed by atoms with Gasteiger partial charge in [0, 0.05) is 26.2 Å². The maximum Gasteiger partial charge on any atom is 0.123 e. The second-order valence-corrected chi connectivity index (χ2v) is 6.83. The molecule has 2 aromatic carbocycles. The quantitative estimate of drug-likeness (QED) is 0.826. The molecule has 1 saturated heterocycles. The Balaban J connectivity index is 1.40. The summed E-state index contributed by atoms with van der Waals surface area (Å²) in [6, 6.07) is 16.4. The first-order valence-electron chi connectivity index (χ1n) is 9.24. The van der Waals surface area contributed by atoms with Crippen LogP contribution in [0, 0.1) is 5.82 Å². The van der Waals surface area contributed by atoms with Crippen LogP contribution >= 0.6 is 0 Å². The van der Waals surface area contributed by atoms with Gasteiger partial charge in [-0.1, -0.05) is 30.3 Å². The summed E-state index contributed by atoms with van der Waals surface area (Å²) in [4.78, 5) is 4.76. The smallest absolute Gasteiger partial charge is 0.123 e. The standard InChI is InChI=1S/C21H27FN2O2/c22-19-7-9-21(10-8-19)26-17-20(25)16-24-12-4-11-23(13-14-24)15-18-5-2-1-3-6-18/h1-3,5-10,20,25H,4,11-17H2. The van der Waals surface area contributed by atoms with E-state index in [-0.39, 0.29) is 12.4 Å². The fraction of sp³-hybridized carbons (Fsp3) is 0.429. The van der Waals surface area contributed by atoms with E-state index in [1.807, 2.05) is 6.07 Å². The van der Waals surface area contributed by atoms with Crippen molar-refractivity contribution in [2.45, 2.75) is 19.1 Å². The molecule has 1 N–H and O–H groups in total. The minimum Gasteiger partial charge on any atom is -0.491 e. The van der Waals surface area contributed by atoms with Crippen molar-refractivity contribution in [2.75, 3.05) is 39.3 Å². The Morgan fingerprint density at radius 3 is 2.38 bits per heavy atom. The van der Waals surface area contributed by atoms with Gasteiger partial charge in [-0.2, -0.15) is 0 Å². The van der Waals surface area contributed by atoms with Crippen LogP contribution < -0.4 is 4.74 Å². The van der Waals surface area contributed by atoms with Gasteiger partial charge >= 0.3 is 0 Å². The van der Waals surface area contributed by atoms with Gasteiger partial charge in [-0.3, -0.25) is 9.80 Å². The number of hydrogen-bond acceptors (Lipinski definition) is 4. The molecule has 0 aliphatic carbocycles. The third kappa shape index (κ3) is 6.09. The molecule has 5 heteroatoms. The molecule has 26 heavy (non-hydrogen) atoms. The number of aliphatic hydroxyl groups excluding tert-OH is 1. The van der Waals surface area contributed by atoms with Crippen molar-refractivity contribution in [3.63, 3.8) is 0 Å². The highest BCUT2D eigenvalue weighted by Crippen LogP contribution is 2.12. The molecule has 3 rings (SSSR count). The predicted octanol–water partition coefficient (Wildman–Crippen LogP) is 2.77. The average Bonchev–Trinajstić information content (AvgIpc) is 2.87. The molecule has 0 saturated carbocycles. The summed E-state index contributed by atoms with van der Waals surface area (Å²) < 4.78 is 18.4. The van der Waals surface area contributed by atoms with E-state index in [1.165, 1.54) is 17.7 Å². The van der Waals surface area contributed by atoms with Gasteiger partial charge in [-0.05, 0) is 49.3 Å². The summed E-state index contributed by atoms with van der Waals surface area (Å²) in [5.74, 6) is 0.290. The zero-order valence-corrected chi connectivity index (χ0v) is 15.1. The van der Waals surface area contributed by atoms with Crippen molar-refractivity contribution >= 4 is 0 Å². The molecule has 1 fully saturated rings. The highest BCUT2D eigenvalue weighted by molar-refractivity contribution is 5.22. The monoisotopic (exact) mass is 358 g/mol. The highest BCUT2D eigenvalue weighted by Gasteiger charge is 2.18. The lowest BCUT2D eigenvalue weighted by molar-refractivity contribution is 0.0692. The van der Waals surface area contributed by atoms with Gasteiger partial charge in [0.1, 0.15) is 24.3 Å². The number of β-amino-alcohol motifs (C(OH)–C–C–N with tert-alkyl or cyclic N) is 1. The Kier molecular flexibility index (Phi) is 7.00. The van der Waals surface area contributed by atoms with Gasteiger partial charge in [0.25, 0.3) is 0 Å². The molecule has 0 spiro atoms. The lowest BCUT2D eigenvalue weighted by atomic mass is 10.2. The molecular weight excluding hydrogens is 331 g/mol. The van der Waals surface area contributed by atoms with Crippen LogP contribution in [0.15, 0.2) is 54.6 Å². The number of halogens is 1. The topological polar surface area (TPSA) is 35.9 Å². The van der Waals surface area contributed by atoms with Gasteiger partial charge in [0.05, 0.1) is 0 Å². The lowest BCUT2D eigenvalue weighted by Crippen LogP contribution is -2.38. The molecule has 140 valence electrons. The summed E-state index contributed by atoms with van der Waals surface area (Å²) in [5, 5.41) is 10.3. The summed E-state index contributed by atoms with van der Waals surface area (Å²) >= 11 is 0. The highest BCUT2D eigenvalue weighted by atomic mass is 19.1. The van der Waals surface area contributed by atoms with Crippen molar-refractivity contribution in [3.05, 3.63) is 66.0 Å². The van der Waals surface area contributed by atoms with Crippen molar-refractivity contribution in [3.8, 4) is 5.75 Å². The average molecular weight is 358 g/mol. The number of rotatable bonds is 7. The van der Waals surface area contributed by atoms with Crippen molar-refractivity contribution in [1.29, 1.82) is 0 Å². The fourth-order valence-electron chi connectivity index (χ4n) is 3.28. The summed E-state index contributed by atoms with van der Waals surface area (Å²) in [6.07, 6.45) is 0.541. The molecular formula is C21H27FN2O2. The Labute approximate surface area is 154 Å². The number of aliphatic hydroxyl groups is 1. The summed E-state index contributed by atoms with van der Waals surface area (Å²) in [7, 11) is 0. The Morgan fingerprint density at radius 2 is 1.62 bits per heavy atom. The summed E-state index contributed by atoms with van der Waals surface area (Å²) in [5.41, 5.74) is 1.34. The van der Waals surface area contributed by atoms with E-state index < -0.39 is 6.10 Å². The van der Waals surface area contributed by atoms with Crippen LogP contribution in [0.3, 0.4) is 0 Å². The van der Waals surface area contributed by atoms with E-state index in [1.54, 1.807) is 12.1 Å². The largest absolute Gasteiger partial charge is 0.491 e. The van der Waals surface area contributed by atoms with Crippen LogP contribution in [0.5, 0.6) is 5.75 Å². The lowest BCUT2D eigenvalue weighted by Gasteiger charge is -2.24. The van der Waals surface area contributed by atoms with E-state index in [2.05, 4.69) is 34.1 Å². The molecule has 1 atom stereocenters. The van der Waals surface area contributed by atoms with Crippen LogP contribution in [0.2, 0.25) is 0 Å². The minimum atomic E-state index is -0.555. The van der Waals surface area contributed by atoms with E-state index in [0.717, 1.165) is 39.1 Å². The third-order valence-electron chi connectivity index (χ3n) is 4.66. The van der Waals surface area contributed by atoms with Crippen LogP contribution in [0.25, 0.3) is 0 Å². The van der Waals surface area contributed by atoms with Crippen LogP contribution in [0.4, 0.5) is 4.39 Å². The molecule has 1 aliphatic heterocycles. The van der Waals surface area contributed by atoms with Crippen molar-refractivity contribution in [2.24, 2.45) is 0 Å².